The van der Waals surface area contributed by atoms with Crippen LogP contribution in [0.1, 0.15) is 5.56 Å². The first-order valence-electron chi connectivity index (χ1n) is 3.18. The monoisotopic (exact) mass is 177 g/mol. The second-order valence-corrected chi connectivity index (χ2v) is 2.28. The van der Waals surface area contributed by atoms with Gasteiger partial charge in [0, 0.05) is 0 Å². The van der Waals surface area contributed by atoms with Gasteiger partial charge in [0.15, 0.2) is 0 Å². The number of benzene rings is 1. The van der Waals surface area contributed by atoms with Crippen LogP contribution in [0.25, 0.3) is 0 Å². The molecule has 1 rings (SSSR count). The van der Waals surface area contributed by atoms with Gasteiger partial charge < -0.3 is 6.15 Å². The van der Waals surface area contributed by atoms with E-state index >= 15 is 0 Å². The molecule has 1 aromatic carbocycles. The van der Waals surface area contributed by atoms with Crippen molar-refractivity contribution in [3.63, 3.8) is 0 Å². The van der Waals surface area contributed by atoms with Crippen LogP contribution >= 0.6 is 0 Å². The predicted octanol–water partition coefficient (Wildman–Crippen LogP) is 2.95. The maximum absolute atomic E-state index is 11.7. The third-order valence-electron chi connectivity index (χ3n) is 1.25. The summed E-state index contributed by atoms with van der Waals surface area (Å²) in [5.74, 6) is 0. The van der Waals surface area contributed by atoms with Crippen molar-refractivity contribution >= 4 is 0 Å². The molecule has 0 bridgehead atoms. The van der Waals surface area contributed by atoms with Crippen LogP contribution in [0.5, 0.6) is 0 Å². The van der Waals surface area contributed by atoms with Crippen LogP contribution in [-0.4, -0.2) is 6.18 Å². The Bertz CT molecular complexity index is 217. The minimum Gasteiger partial charge on any atom is -0.344 e. The molecule has 0 atom stereocenters. The minimum atomic E-state index is -4.10. The fourth-order valence-electron chi connectivity index (χ4n) is 0.827. The number of hydrogen-bond acceptors (Lipinski definition) is 1. The summed E-state index contributed by atoms with van der Waals surface area (Å²) < 4.78 is 35.2. The van der Waals surface area contributed by atoms with Crippen molar-refractivity contribution in [2.75, 3.05) is 0 Å². The van der Waals surface area contributed by atoms with Crippen LogP contribution in [-0.2, 0) is 6.42 Å². The van der Waals surface area contributed by atoms with Gasteiger partial charge in [-0.2, -0.15) is 13.2 Å². The first kappa shape index (κ1) is 11.0. The molecule has 4 heteroatoms. The van der Waals surface area contributed by atoms with E-state index in [2.05, 4.69) is 0 Å². The summed E-state index contributed by atoms with van der Waals surface area (Å²) in [5.41, 5.74) is 0.306. The average Bonchev–Trinajstić information content (AvgIpc) is 1.85. The molecule has 1 aromatic rings. The van der Waals surface area contributed by atoms with Gasteiger partial charge in [0.05, 0.1) is 6.42 Å². The Morgan fingerprint density at radius 2 is 1.50 bits per heavy atom. The lowest BCUT2D eigenvalue weighted by Gasteiger charge is -2.04. The van der Waals surface area contributed by atoms with Crippen molar-refractivity contribution < 1.29 is 13.2 Å². The summed E-state index contributed by atoms with van der Waals surface area (Å²) in [6.07, 6.45) is -4.94. The standard InChI is InChI=1S/C8H7F3.H3N/c9-8(10,11)6-7-4-2-1-3-5-7;/h1-5H,6H2;1H3. The Hall–Kier alpha value is -1.03. The van der Waals surface area contributed by atoms with Crippen molar-refractivity contribution in [1.29, 1.82) is 0 Å². The van der Waals surface area contributed by atoms with Crippen molar-refractivity contribution in [1.82, 2.24) is 6.15 Å². The first-order valence-corrected chi connectivity index (χ1v) is 3.18. The van der Waals surface area contributed by atoms with Crippen LogP contribution < -0.4 is 6.15 Å². The fraction of sp³-hybridized carbons (Fsp3) is 0.250. The zero-order valence-corrected chi connectivity index (χ0v) is 6.43. The van der Waals surface area contributed by atoms with Gasteiger partial charge in [-0.3, -0.25) is 0 Å². The van der Waals surface area contributed by atoms with Crippen LogP contribution in [0, 0.1) is 0 Å². The Labute approximate surface area is 68.8 Å². The van der Waals surface area contributed by atoms with Crippen molar-refractivity contribution in [3.05, 3.63) is 35.9 Å². The van der Waals surface area contributed by atoms with Crippen molar-refractivity contribution in [3.8, 4) is 0 Å². The van der Waals surface area contributed by atoms with E-state index in [-0.39, 0.29) is 6.15 Å². The number of rotatable bonds is 1. The van der Waals surface area contributed by atoms with Gasteiger partial charge >= 0.3 is 6.18 Å². The Kier molecular flexibility index (Phi) is 3.76. The lowest BCUT2D eigenvalue weighted by Crippen LogP contribution is -2.11. The Morgan fingerprint density at radius 1 is 1.00 bits per heavy atom. The van der Waals surface area contributed by atoms with Crippen molar-refractivity contribution in [2.24, 2.45) is 0 Å². The molecule has 0 saturated carbocycles. The highest BCUT2D eigenvalue weighted by atomic mass is 19.4. The summed E-state index contributed by atoms with van der Waals surface area (Å²) in [7, 11) is 0. The van der Waals surface area contributed by atoms with Gasteiger partial charge in [0.1, 0.15) is 0 Å². The molecule has 0 radical (unpaired) electrons. The summed E-state index contributed by atoms with van der Waals surface area (Å²) >= 11 is 0. The first-order chi connectivity index (χ1) is 5.08. The van der Waals surface area contributed by atoms with Crippen LogP contribution in [0.15, 0.2) is 30.3 Å². The molecule has 0 fully saturated rings. The summed E-state index contributed by atoms with van der Waals surface area (Å²) in [6, 6.07) is 7.82. The third-order valence-corrected chi connectivity index (χ3v) is 1.25. The molecule has 0 heterocycles. The average molecular weight is 177 g/mol. The molecule has 0 saturated heterocycles. The van der Waals surface area contributed by atoms with Gasteiger partial charge in [-0.15, -0.1) is 0 Å². The molecule has 0 aliphatic carbocycles. The minimum absolute atomic E-state index is 0. The second kappa shape index (κ2) is 4.11. The fourth-order valence-corrected chi connectivity index (χ4v) is 0.827. The van der Waals surface area contributed by atoms with E-state index in [4.69, 9.17) is 0 Å². The molecular formula is C8H10F3N. The lowest BCUT2D eigenvalue weighted by atomic mass is 10.1. The predicted molar refractivity (Wildman–Crippen MR) is 41.2 cm³/mol. The topological polar surface area (TPSA) is 35.0 Å². The Morgan fingerprint density at radius 3 is 1.92 bits per heavy atom. The van der Waals surface area contributed by atoms with E-state index in [1.54, 1.807) is 18.2 Å². The normalized spacial score (nSPS) is 10.6. The van der Waals surface area contributed by atoms with E-state index < -0.39 is 12.6 Å². The van der Waals surface area contributed by atoms with E-state index in [1.807, 2.05) is 0 Å². The molecule has 3 N–H and O–H groups in total. The third kappa shape index (κ3) is 3.98. The summed E-state index contributed by atoms with van der Waals surface area (Å²) in [4.78, 5) is 0. The van der Waals surface area contributed by atoms with Gasteiger partial charge in [0.2, 0.25) is 0 Å². The van der Waals surface area contributed by atoms with Gasteiger partial charge in [-0.05, 0) is 5.56 Å². The van der Waals surface area contributed by atoms with Gasteiger partial charge in [0.25, 0.3) is 0 Å². The number of hydrogen-bond donors (Lipinski definition) is 1. The molecule has 12 heavy (non-hydrogen) atoms. The van der Waals surface area contributed by atoms with E-state index in [1.165, 1.54) is 12.1 Å². The van der Waals surface area contributed by atoms with Gasteiger partial charge in [-0.25, -0.2) is 0 Å². The lowest BCUT2D eigenvalue weighted by molar-refractivity contribution is -0.127. The molecule has 0 spiro atoms. The summed E-state index contributed by atoms with van der Waals surface area (Å²) in [6.45, 7) is 0. The molecule has 68 valence electrons. The van der Waals surface area contributed by atoms with E-state index in [9.17, 15) is 13.2 Å². The molecule has 0 aromatic heterocycles. The zero-order chi connectivity index (χ0) is 8.32. The Balaban J connectivity index is 0.00000121. The molecular weight excluding hydrogens is 167 g/mol. The number of halogens is 3. The summed E-state index contributed by atoms with van der Waals surface area (Å²) in [5, 5.41) is 0. The molecule has 0 aliphatic heterocycles. The smallest absolute Gasteiger partial charge is 0.344 e. The highest BCUT2D eigenvalue weighted by Gasteiger charge is 2.27. The quantitative estimate of drug-likeness (QED) is 0.703. The zero-order valence-electron chi connectivity index (χ0n) is 6.43. The largest absolute Gasteiger partial charge is 0.393 e. The highest BCUT2D eigenvalue weighted by molar-refractivity contribution is 5.15. The van der Waals surface area contributed by atoms with E-state index in [0.29, 0.717) is 5.56 Å². The van der Waals surface area contributed by atoms with Gasteiger partial charge in [-0.1, -0.05) is 30.3 Å². The van der Waals surface area contributed by atoms with Crippen LogP contribution in [0.2, 0.25) is 0 Å². The van der Waals surface area contributed by atoms with Crippen molar-refractivity contribution in [2.45, 2.75) is 12.6 Å². The maximum atomic E-state index is 11.7. The van der Waals surface area contributed by atoms with Crippen LogP contribution in [0.4, 0.5) is 13.2 Å². The maximum Gasteiger partial charge on any atom is 0.393 e. The SMILES string of the molecule is FC(F)(F)Cc1ccccc1.N. The van der Waals surface area contributed by atoms with E-state index in [0.717, 1.165) is 0 Å². The highest BCUT2D eigenvalue weighted by Crippen LogP contribution is 2.20. The molecule has 0 aliphatic rings. The second-order valence-electron chi connectivity index (χ2n) is 2.28. The number of alkyl halides is 3. The molecule has 0 amide bonds. The molecule has 0 unspecified atom stereocenters. The molecule has 1 nitrogen and oxygen atoms in total. The van der Waals surface area contributed by atoms with Crippen LogP contribution in [0.3, 0.4) is 0 Å².